The first-order valence-corrected chi connectivity index (χ1v) is 11.2. The average Bonchev–Trinajstić information content (AvgIpc) is 2.98. The van der Waals surface area contributed by atoms with Gasteiger partial charge in [-0.25, -0.2) is 0 Å². The van der Waals surface area contributed by atoms with Crippen LogP contribution in [0, 0.1) is 51.8 Å². The highest BCUT2D eigenvalue weighted by Crippen LogP contribution is 2.67. The van der Waals surface area contributed by atoms with E-state index in [0.717, 1.165) is 44.9 Å². The van der Waals surface area contributed by atoms with Gasteiger partial charge in [0.25, 0.3) is 0 Å². The van der Waals surface area contributed by atoms with Gasteiger partial charge in [0.15, 0.2) is 0 Å². The zero-order valence-electron chi connectivity index (χ0n) is 17.6. The van der Waals surface area contributed by atoms with Crippen molar-refractivity contribution in [3.8, 4) is 6.07 Å². The lowest BCUT2D eigenvalue weighted by atomic mass is 9.43. The molecule has 4 fully saturated rings. The molecule has 0 aromatic heterocycles. The molecule has 4 saturated carbocycles. The van der Waals surface area contributed by atoms with Crippen LogP contribution in [0.4, 0.5) is 0 Å². The summed E-state index contributed by atoms with van der Waals surface area (Å²) in [5, 5.41) is 31.7. The summed E-state index contributed by atoms with van der Waals surface area (Å²) in [5.74, 6) is 1.81. The first kappa shape index (κ1) is 20.6. The predicted molar refractivity (Wildman–Crippen MR) is 105 cm³/mol. The lowest BCUT2D eigenvalue weighted by molar-refractivity contribution is -0.203. The molecule has 0 amide bonds. The molecular weight excluding hydrogens is 354 g/mol. The Kier molecular flexibility index (Phi) is 5.55. The SMILES string of the molecule is COCCO[C@H]1C[C@@]2(C)[C@@H](CC[C@H]3[C@@H]4CC[C@H](C#N)[C@@]4(C)CC(O)[C@@H]32)C[C@@H]1O. The van der Waals surface area contributed by atoms with Crippen molar-refractivity contribution in [1.82, 2.24) is 0 Å². The lowest BCUT2D eigenvalue weighted by Gasteiger charge is -2.62. The average molecular weight is 392 g/mol. The monoisotopic (exact) mass is 391 g/mol. The van der Waals surface area contributed by atoms with Crippen molar-refractivity contribution in [2.24, 2.45) is 40.4 Å². The fourth-order valence-electron chi connectivity index (χ4n) is 8.05. The van der Waals surface area contributed by atoms with E-state index in [4.69, 9.17) is 9.47 Å². The third-order valence-corrected chi connectivity index (χ3v) is 9.37. The van der Waals surface area contributed by atoms with Crippen LogP contribution in [0.3, 0.4) is 0 Å². The molecule has 2 N–H and O–H groups in total. The van der Waals surface area contributed by atoms with Gasteiger partial charge in [-0.1, -0.05) is 13.8 Å². The van der Waals surface area contributed by atoms with Gasteiger partial charge in [0, 0.05) is 7.11 Å². The number of methoxy groups -OCH3 is 1. The summed E-state index contributed by atoms with van der Waals surface area (Å²) in [6, 6.07) is 2.55. The van der Waals surface area contributed by atoms with Crippen molar-refractivity contribution in [1.29, 1.82) is 5.26 Å². The smallest absolute Gasteiger partial charge is 0.0840 e. The van der Waals surface area contributed by atoms with Crippen molar-refractivity contribution >= 4 is 0 Å². The van der Waals surface area contributed by atoms with Gasteiger partial charge in [-0.2, -0.15) is 5.26 Å². The number of nitriles is 1. The van der Waals surface area contributed by atoms with Crippen LogP contribution in [0.15, 0.2) is 0 Å². The van der Waals surface area contributed by atoms with Gasteiger partial charge >= 0.3 is 0 Å². The van der Waals surface area contributed by atoms with Crippen molar-refractivity contribution in [2.45, 2.75) is 77.1 Å². The zero-order valence-corrected chi connectivity index (χ0v) is 17.6. The molecule has 4 aliphatic rings. The fraction of sp³-hybridized carbons (Fsp3) is 0.957. The standard InChI is InChI=1S/C23H37NO4/c1-22-11-19(26)21-16(17(22)7-5-15(22)13-24)6-4-14-10-18(25)20(12-23(14,21)2)28-9-8-27-3/h14-21,25-26H,4-12H2,1-3H3/t14-,15+,16-,17-,18-,19?,20-,21+,22+,23-/m0/s1. The van der Waals surface area contributed by atoms with Crippen LogP contribution in [0.1, 0.15) is 58.8 Å². The predicted octanol–water partition coefficient (Wildman–Crippen LogP) is 3.14. The molecule has 0 spiro atoms. The maximum Gasteiger partial charge on any atom is 0.0840 e. The van der Waals surface area contributed by atoms with E-state index in [1.54, 1.807) is 7.11 Å². The first-order valence-electron chi connectivity index (χ1n) is 11.2. The summed E-state index contributed by atoms with van der Waals surface area (Å²) in [7, 11) is 1.66. The zero-order chi connectivity index (χ0) is 20.1. The third kappa shape index (κ3) is 3.03. The normalized spacial score (nSPS) is 53.0. The number of hydrogen-bond acceptors (Lipinski definition) is 5. The minimum absolute atomic E-state index is 0.00857. The van der Waals surface area contributed by atoms with E-state index in [-0.39, 0.29) is 34.9 Å². The minimum Gasteiger partial charge on any atom is -0.393 e. The van der Waals surface area contributed by atoms with Crippen LogP contribution >= 0.6 is 0 Å². The molecule has 1 unspecified atom stereocenters. The largest absolute Gasteiger partial charge is 0.393 e. The molecule has 10 atom stereocenters. The van der Waals surface area contributed by atoms with Crippen LogP contribution in [-0.4, -0.2) is 48.8 Å². The van der Waals surface area contributed by atoms with Crippen molar-refractivity contribution < 1.29 is 19.7 Å². The summed E-state index contributed by atoms with van der Waals surface area (Å²) in [5.41, 5.74) is -0.0492. The Bertz CT molecular complexity index is 620. The second-order valence-corrected chi connectivity index (χ2v) is 10.5. The molecule has 158 valence electrons. The molecule has 0 saturated heterocycles. The summed E-state index contributed by atoms with van der Waals surface area (Å²) in [4.78, 5) is 0. The number of nitrogens with zero attached hydrogens (tertiary/aromatic N) is 1. The molecule has 5 nitrogen and oxygen atoms in total. The van der Waals surface area contributed by atoms with E-state index in [2.05, 4.69) is 19.9 Å². The fourth-order valence-corrected chi connectivity index (χ4v) is 8.05. The van der Waals surface area contributed by atoms with Gasteiger partial charge in [-0.05, 0) is 79.4 Å². The van der Waals surface area contributed by atoms with Gasteiger partial charge in [0.2, 0.25) is 0 Å². The van der Waals surface area contributed by atoms with Crippen LogP contribution < -0.4 is 0 Å². The second-order valence-electron chi connectivity index (χ2n) is 10.5. The van der Waals surface area contributed by atoms with E-state index in [1.165, 1.54) is 0 Å². The Labute approximate surface area is 169 Å². The molecule has 4 aliphatic carbocycles. The molecule has 0 aromatic rings. The van der Waals surface area contributed by atoms with Crippen molar-refractivity contribution in [3.05, 3.63) is 0 Å². The topological polar surface area (TPSA) is 82.7 Å². The van der Waals surface area contributed by atoms with Gasteiger partial charge in [-0.3, -0.25) is 0 Å². The molecule has 0 aliphatic heterocycles. The van der Waals surface area contributed by atoms with E-state index >= 15 is 0 Å². The van der Waals surface area contributed by atoms with E-state index in [1.807, 2.05) is 0 Å². The highest BCUT2D eigenvalue weighted by molar-refractivity contribution is 5.15. The Balaban J connectivity index is 1.59. The summed E-state index contributed by atoms with van der Waals surface area (Å²) in [6.07, 6.45) is 5.73. The summed E-state index contributed by atoms with van der Waals surface area (Å²) < 4.78 is 11.1. The Morgan fingerprint density at radius 3 is 2.50 bits per heavy atom. The maximum atomic E-state index is 11.4. The van der Waals surface area contributed by atoms with E-state index in [0.29, 0.717) is 31.0 Å². The highest BCUT2D eigenvalue weighted by atomic mass is 16.5. The Morgan fingerprint density at radius 1 is 1.00 bits per heavy atom. The van der Waals surface area contributed by atoms with E-state index < -0.39 is 6.10 Å². The van der Waals surface area contributed by atoms with Crippen molar-refractivity contribution in [3.63, 3.8) is 0 Å². The molecule has 28 heavy (non-hydrogen) atoms. The lowest BCUT2D eigenvalue weighted by Crippen LogP contribution is -2.61. The van der Waals surface area contributed by atoms with E-state index in [9.17, 15) is 15.5 Å². The number of aliphatic hydroxyl groups excluding tert-OH is 2. The van der Waals surface area contributed by atoms with Gasteiger partial charge in [-0.15, -0.1) is 0 Å². The van der Waals surface area contributed by atoms with Gasteiger partial charge in [0.1, 0.15) is 0 Å². The number of ether oxygens (including phenoxy) is 2. The molecule has 0 heterocycles. The number of aliphatic hydroxyl groups is 2. The third-order valence-electron chi connectivity index (χ3n) is 9.37. The number of rotatable bonds is 4. The summed E-state index contributed by atoms with van der Waals surface area (Å²) >= 11 is 0. The first-order chi connectivity index (χ1) is 13.3. The number of fused-ring (bicyclic) bond motifs is 5. The minimum atomic E-state index is -0.424. The van der Waals surface area contributed by atoms with Gasteiger partial charge in [0.05, 0.1) is 43.5 Å². The Morgan fingerprint density at radius 2 is 1.79 bits per heavy atom. The van der Waals surface area contributed by atoms with Crippen molar-refractivity contribution in [2.75, 3.05) is 20.3 Å². The van der Waals surface area contributed by atoms with Crippen LogP contribution in [-0.2, 0) is 9.47 Å². The molecule has 4 rings (SSSR count). The molecular formula is C23H37NO4. The molecule has 0 radical (unpaired) electrons. The maximum absolute atomic E-state index is 11.4. The quantitative estimate of drug-likeness (QED) is 0.720. The summed E-state index contributed by atoms with van der Waals surface area (Å²) in [6.45, 7) is 5.64. The highest BCUT2D eigenvalue weighted by Gasteiger charge is 2.64. The molecule has 5 heteroatoms. The molecule has 0 bridgehead atoms. The van der Waals surface area contributed by atoms with Crippen LogP contribution in [0.5, 0.6) is 0 Å². The van der Waals surface area contributed by atoms with Crippen LogP contribution in [0.25, 0.3) is 0 Å². The Hall–Kier alpha value is -0.670. The number of hydrogen-bond donors (Lipinski definition) is 2. The van der Waals surface area contributed by atoms with Crippen LogP contribution in [0.2, 0.25) is 0 Å². The second kappa shape index (κ2) is 7.54. The van der Waals surface area contributed by atoms with Gasteiger partial charge < -0.3 is 19.7 Å². The molecule has 0 aromatic carbocycles.